The molecular weight excluding hydrogens is 727 g/mol. The molecule has 0 saturated heterocycles. The molecule has 0 aromatic carbocycles. The Kier molecular flexibility index (Phi) is 37.9. The van der Waals surface area contributed by atoms with E-state index >= 15 is 0 Å². The number of ether oxygens (including phenoxy) is 3. The van der Waals surface area contributed by atoms with Crippen LogP contribution in [-0.2, 0) is 28.6 Å². The fourth-order valence-electron chi connectivity index (χ4n) is 6.15. The third-order valence-electron chi connectivity index (χ3n) is 9.68. The highest BCUT2D eigenvalue weighted by Crippen LogP contribution is 2.13. The number of carbonyl (C=O) groups excluding carboxylic acids is 3. The molecule has 0 aliphatic carbocycles. The normalized spacial score (nSPS) is 13.7. The van der Waals surface area contributed by atoms with E-state index < -0.39 is 18.1 Å². The number of esters is 2. The first-order chi connectivity index (χ1) is 28.1. The molecule has 58 heavy (non-hydrogen) atoms. The standard InChI is InChI=1S/C50H83NO7/c1-6-8-10-12-14-16-18-20-22-24-26-28-30-32-34-36-38-40-48(52)57-45-46(44-56-43-42-47(50(54)55)51(3,4)5)58-49(53)41-39-37-35-33-31-29-27-25-23-21-19-17-15-13-11-9-7-2/h9,11,13,15,17,19-23,25,27,29,31,46-47H,6-8,10,12,14,16,18,24,26,28,30,32-45H2,1-5H3/b11-9+,15-13+,19-17+,22-20+,23-21+,27-25+,31-29+. The zero-order chi connectivity index (χ0) is 42.8. The number of hydrogen-bond acceptors (Lipinski definition) is 7. The van der Waals surface area contributed by atoms with E-state index in [1.165, 1.54) is 77.0 Å². The summed E-state index contributed by atoms with van der Waals surface area (Å²) in [7, 11) is 5.38. The van der Waals surface area contributed by atoms with Gasteiger partial charge < -0.3 is 28.6 Å². The Morgan fingerprint density at radius 2 is 0.983 bits per heavy atom. The molecule has 2 atom stereocenters. The third-order valence-corrected chi connectivity index (χ3v) is 9.68. The minimum Gasteiger partial charge on any atom is -0.544 e. The zero-order valence-corrected chi connectivity index (χ0v) is 37.4. The second kappa shape index (κ2) is 40.3. The van der Waals surface area contributed by atoms with Gasteiger partial charge in [0.2, 0.25) is 0 Å². The van der Waals surface area contributed by atoms with Crippen LogP contribution >= 0.6 is 0 Å². The second-order valence-electron chi connectivity index (χ2n) is 16.1. The molecule has 0 saturated carbocycles. The minimum atomic E-state index is -1.14. The first kappa shape index (κ1) is 54.5. The van der Waals surface area contributed by atoms with Gasteiger partial charge in [-0.25, -0.2) is 0 Å². The summed E-state index contributed by atoms with van der Waals surface area (Å²) in [6.45, 7) is 4.45. The lowest BCUT2D eigenvalue weighted by Gasteiger charge is -2.34. The quantitative estimate of drug-likeness (QED) is 0.0200. The van der Waals surface area contributed by atoms with Crippen molar-refractivity contribution in [1.82, 2.24) is 0 Å². The van der Waals surface area contributed by atoms with Crippen molar-refractivity contribution < 1.29 is 38.2 Å². The van der Waals surface area contributed by atoms with Gasteiger partial charge in [0.05, 0.1) is 40.3 Å². The molecule has 0 radical (unpaired) electrons. The molecule has 0 N–H and O–H groups in total. The number of nitrogens with zero attached hydrogens (tertiary/aromatic N) is 1. The Balaban J connectivity index is 4.44. The van der Waals surface area contributed by atoms with Crippen LogP contribution in [0.3, 0.4) is 0 Å². The van der Waals surface area contributed by atoms with Crippen molar-refractivity contribution in [1.29, 1.82) is 0 Å². The zero-order valence-electron chi connectivity index (χ0n) is 37.4. The highest BCUT2D eigenvalue weighted by molar-refractivity contribution is 5.70. The van der Waals surface area contributed by atoms with Crippen molar-refractivity contribution in [3.05, 3.63) is 85.1 Å². The number of rotatable bonds is 39. The van der Waals surface area contributed by atoms with Crippen LogP contribution in [0.15, 0.2) is 85.1 Å². The van der Waals surface area contributed by atoms with Crippen LogP contribution in [0.2, 0.25) is 0 Å². The molecule has 8 nitrogen and oxygen atoms in total. The van der Waals surface area contributed by atoms with Crippen molar-refractivity contribution in [2.75, 3.05) is 41.0 Å². The first-order valence-electron chi connectivity index (χ1n) is 22.7. The molecule has 0 spiro atoms. The van der Waals surface area contributed by atoms with Crippen LogP contribution < -0.4 is 5.11 Å². The summed E-state index contributed by atoms with van der Waals surface area (Å²) in [6, 6.07) is -0.739. The predicted octanol–water partition coefficient (Wildman–Crippen LogP) is 11.2. The molecule has 0 fully saturated rings. The second-order valence-corrected chi connectivity index (χ2v) is 16.1. The summed E-state index contributed by atoms with van der Waals surface area (Å²) < 4.78 is 17.1. The SMILES string of the molecule is CC/C=C/C=C/C=C/C=C/C=C/C=C/CCCCCC(=O)OC(COCCC(C(=O)[O-])[N+](C)(C)C)COC(=O)CCCCCCCCC/C=C/CCCCCCCC. The van der Waals surface area contributed by atoms with Crippen LogP contribution in [0.4, 0.5) is 0 Å². The number of carboxylic acids is 1. The fraction of sp³-hybridized carbons (Fsp3) is 0.660. The summed E-state index contributed by atoms with van der Waals surface area (Å²) in [4.78, 5) is 36.9. The molecule has 2 unspecified atom stereocenters. The summed E-state index contributed by atoms with van der Waals surface area (Å²) >= 11 is 0. The number of hydrogen-bond donors (Lipinski definition) is 0. The number of carbonyl (C=O) groups is 3. The number of unbranched alkanes of at least 4 members (excludes halogenated alkanes) is 16. The van der Waals surface area contributed by atoms with E-state index in [1.54, 1.807) is 21.1 Å². The van der Waals surface area contributed by atoms with Crippen LogP contribution in [0.5, 0.6) is 0 Å². The third kappa shape index (κ3) is 38.1. The van der Waals surface area contributed by atoms with Gasteiger partial charge in [-0.05, 0) is 57.8 Å². The van der Waals surface area contributed by atoms with Crippen LogP contribution in [0.1, 0.15) is 162 Å². The van der Waals surface area contributed by atoms with Crippen molar-refractivity contribution in [2.24, 2.45) is 0 Å². The Hall–Kier alpha value is -3.49. The van der Waals surface area contributed by atoms with Crippen molar-refractivity contribution in [3.63, 3.8) is 0 Å². The first-order valence-corrected chi connectivity index (χ1v) is 22.7. The predicted molar refractivity (Wildman–Crippen MR) is 240 cm³/mol. The van der Waals surface area contributed by atoms with Crippen molar-refractivity contribution in [3.8, 4) is 0 Å². The highest BCUT2D eigenvalue weighted by Gasteiger charge is 2.25. The summed E-state index contributed by atoms with van der Waals surface area (Å²) in [5.74, 6) is -1.81. The average molecular weight is 810 g/mol. The maximum absolute atomic E-state index is 12.7. The summed E-state index contributed by atoms with van der Waals surface area (Å²) in [6.07, 6.45) is 51.7. The van der Waals surface area contributed by atoms with Crippen molar-refractivity contribution >= 4 is 17.9 Å². The Morgan fingerprint density at radius 3 is 1.50 bits per heavy atom. The number of quaternary nitrogens is 1. The number of allylic oxidation sites excluding steroid dienone is 14. The van der Waals surface area contributed by atoms with Crippen LogP contribution in [-0.4, -0.2) is 75.5 Å². The van der Waals surface area contributed by atoms with E-state index in [1.807, 2.05) is 60.8 Å². The molecule has 0 rings (SSSR count). The smallest absolute Gasteiger partial charge is 0.306 e. The lowest BCUT2D eigenvalue weighted by molar-refractivity contribution is -0.889. The van der Waals surface area contributed by atoms with Crippen LogP contribution in [0, 0.1) is 0 Å². The molecule has 0 aliphatic heterocycles. The van der Waals surface area contributed by atoms with Crippen LogP contribution in [0.25, 0.3) is 0 Å². The molecule has 0 bridgehead atoms. The topological polar surface area (TPSA) is 102 Å². The lowest BCUT2D eigenvalue weighted by atomic mass is 10.1. The van der Waals surface area contributed by atoms with Crippen molar-refractivity contribution in [2.45, 2.75) is 174 Å². The molecule has 8 heteroatoms. The number of carboxylic acid groups (broad SMARTS) is 1. The lowest BCUT2D eigenvalue weighted by Crippen LogP contribution is -2.55. The van der Waals surface area contributed by atoms with Gasteiger partial charge in [0, 0.05) is 19.3 Å². The van der Waals surface area contributed by atoms with Gasteiger partial charge in [0.25, 0.3) is 0 Å². The maximum Gasteiger partial charge on any atom is 0.306 e. The number of likely N-dealkylation sites (N-methyl/N-ethyl adjacent to an activating group) is 1. The summed E-state index contributed by atoms with van der Waals surface area (Å²) in [5, 5.41) is 11.6. The molecule has 0 aromatic rings. The molecule has 0 amide bonds. The van der Waals surface area contributed by atoms with E-state index in [4.69, 9.17) is 14.2 Å². The van der Waals surface area contributed by atoms with E-state index in [2.05, 4.69) is 38.2 Å². The van der Waals surface area contributed by atoms with E-state index in [-0.39, 0.29) is 49.1 Å². The molecule has 0 aliphatic rings. The maximum atomic E-state index is 12.7. The molecule has 0 aromatic heterocycles. The Bertz CT molecular complexity index is 1220. The van der Waals surface area contributed by atoms with E-state index in [9.17, 15) is 19.5 Å². The minimum absolute atomic E-state index is 0.0162. The van der Waals surface area contributed by atoms with Gasteiger partial charge >= 0.3 is 11.9 Å². The molecular formula is C50H83NO7. The van der Waals surface area contributed by atoms with Gasteiger partial charge in [-0.15, -0.1) is 0 Å². The van der Waals surface area contributed by atoms with Gasteiger partial charge in [-0.2, -0.15) is 0 Å². The number of aliphatic carboxylic acids is 1. The summed E-state index contributed by atoms with van der Waals surface area (Å²) in [5.41, 5.74) is 0. The fourth-order valence-corrected chi connectivity index (χ4v) is 6.15. The van der Waals surface area contributed by atoms with Gasteiger partial charge in [0.15, 0.2) is 6.10 Å². The van der Waals surface area contributed by atoms with Gasteiger partial charge in [-0.1, -0.05) is 170 Å². The van der Waals surface area contributed by atoms with Gasteiger partial charge in [0.1, 0.15) is 12.6 Å². The van der Waals surface area contributed by atoms with E-state index in [0.717, 1.165) is 44.9 Å². The molecule has 330 valence electrons. The van der Waals surface area contributed by atoms with Gasteiger partial charge in [-0.3, -0.25) is 9.59 Å². The van der Waals surface area contributed by atoms with E-state index in [0.29, 0.717) is 12.8 Å². The largest absolute Gasteiger partial charge is 0.544 e. The monoisotopic (exact) mass is 810 g/mol. The molecule has 0 heterocycles. The highest BCUT2D eigenvalue weighted by atomic mass is 16.6. The Morgan fingerprint density at radius 1 is 0.534 bits per heavy atom. The Labute approximate surface area is 354 Å². The average Bonchev–Trinajstić information content (AvgIpc) is 3.18.